The van der Waals surface area contributed by atoms with Crippen LogP contribution >= 0.6 is 19.2 Å². The highest BCUT2D eigenvalue weighted by Gasteiger charge is 2.36. The molecular formula is C18H20ClFN5O4P. The molecule has 0 radical (unpaired) electrons. The summed E-state index contributed by atoms with van der Waals surface area (Å²) in [6.07, 6.45) is 1.95. The molecule has 0 amide bonds. The van der Waals surface area contributed by atoms with Gasteiger partial charge >= 0.3 is 7.60 Å². The Bertz CT molecular complexity index is 1110. The van der Waals surface area contributed by atoms with Gasteiger partial charge in [0.2, 0.25) is 0 Å². The number of rotatable bonds is 6. The van der Waals surface area contributed by atoms with Crippen LogP contribution < -0.4 is 5.73 Å². The summed E-state index contributed by atoms with van der Waals surface area (Å²) in [5.41, 5.74) is 7.12. The number of nitrogen functional groups attached to an aromatic ring is 1. The molecule has 3 aromatic rings. The number of nitrogens with two attached hydrogens (primary N) is 1. The molecule has 2 N–H and O–H groups in total. The highest BCUT2D eigenvalue weighted by molar-refractivity contribution is 7.53. The van der Waals surface area contributed by atoms with E-state index >= 15 is 0 Å². The number of nitrogens with zero attached hydrogens (tertiary/aromatic N) is 4. The SMILES string of the molecule is C[C@H](Cn1cnc2c(N)ncnc21)OC[P@]1(=O)OCC[C@H](c2cc(Cl)ccc2F)O1. The van der Waals surface area contributed by atoms with Gasteiger partial charge in [0.05, 0.1) is 31.7 Å². The highest BCUT2D eigenvalue weighted by atomic mass is 35.5. The lowest BCUT2D eigenvalue weighted by molar-refractivity contribution is 0.0331. The van der Waals surface area contributed by atoms with E-state index in [0.29, 0.717) is 35.0 Å². The molecule has 2 aromatic heterocycles. The molecule has 1 aromatic carbocycles. The van der Waals surface area contributed by atoms with Crippen molar-refractivity contribution in [3.05, 3.63) is 47.3 Å². The van der Waals surface area contributed by atoms with Gasteiger partial charge in [-0.15, -0.1) is 0 Å². The van der Waals surface area contributed by atoms with Crippen LogP contribution in [0, 0.1) is 5.82 Å². The van der Waals surface area contributed by atoms with E-state index in [1.54, 1.807) is 17.8 Å². The summed E-state index contributed by atoms with van der Waals surface area (Å²) in [5, 5.41) is 0.373. The van der Waals surface area contributed by atoms with Crippen LogP contribution in [-0.2, 0) is 24.9 Å². The first kappa shape index (κ1) is 21.1. The molecule has 4 rings (SSSR count). The average molecular weight is 456 g/mol. The van der Waals surface area contributed by atoms with Crippen LogP contribution in [0.5, 0.6) is 0 Å². The monoisotopic (exact) mass is 455 g/mol. The standard InChI is InChI=1S/C18H20ClFN5O4P/c1-11(7-25-9-24-16-17(21)22-8-23-18(16)25)27-10-30(26)28-5-4-15(29-30)13-6-12(19)2-3-14(13)20/h2-3,6,8-9,11,15H,4-5,7,10H2,1H3,(H2,21,22,23)/t11-,15-,30+/m1/s1. The van der Waals surface area contributed by atoms with Crippen molar-refractivity contribution in [2.75, 3.05) is 18.7 Å². The summed E-state index contributed by atoms with van der Waals surface area (Å²) in [6, 6.07) is 4.17. The number of hydrogen-bond acceptors (Lipinski definition) is 8. The van der Waals surface area contributed by atoms with Crippen molar-refractivity contribution in [3.63, 3.8) is 0 Å². The summed E-state index contributed by atoms with van der Waals surface area (Å²) in [7, 11) is -3.57. The quantitative estimate of drug-likeness (QED) is 0.556. The molecule has 0 spiro atoms. The lowest BCUT2D eigenvalue weighted by atomic mass is 10.1. The molecule has 1 aliphatic heterocycles. The van der Waals surface area contributed by atoms with Gasteiger partial charge in [-0.3, -0.25) is 9.09 Å². The minimum Gasteiger partial charge on any atom is -0.382 e. The highest BCUT2D eigenvalue weighted by Crippen LogP contribution is 2.56. The van der Waals surface area contributed by atoms with Crippen LogP contribution in [0.3, 0.4) is 0 Å². The number of hydrogen-bond donors (Lipinski definition) is 1. The Balaban J connectivity index is 1.40. The van der Waals surface area contributed by atoms with Crippen molar-refractivity contribution >= 4 is 36.2 Å². The van der Waals surface area contributed by atoms with Crippen molar-refractivity contribution in [1.82, 2.24) is 19.5 Å². The van der Waals surface area contributed by atoms with E-state index in [9.17, 15) is 8.96 Å². The molecule has 0 aliphatic carbocycles. The Hall–Kier alpha value is -2.10. The number of benzene rings is 1. The fraction of sp³-hybridized carbons (Fsp3) is 0.389. The molecule has 1 fully saturated rings. The van der Waals surface area contributed by atoms with Gasteiger partial charge in [0.15, 0.2) is 11.5 Å². The summed E-state index contributed by atoms with van der Waals surface area (Å²) in [6.45, 7) is 2.36. The zero-order valence-corrected chi connectivity index (χ0v) is 17.7. The summed E-state index contributed by atoms with van der Waals surface area (Å²) >= 11 is 5.96. The Morgan fingerprint density at radius 3 is 3.10 bits per heavy atom. The van der Waals surface area contributed by atoms with E-state index in [2.05, 4.69) is 15.0 Å². The minimum absolute atomic E-state index is 0.161. The van der Waals surface area contributed by atoms with Crippen LogP contribution in [0.25, 0.3) is 11.2 Å². The predicted molar refractivity (Wildman–Crippen MR) is 109 cm³/mol. The molecule has 0 bridgehead atoms. The summed E-state index contributed by atoms with van der Waals surface area (Å²) in [5.74, 6) is -0.180. The van der Waals surface area contributed by atoms with Gasteiger partial charge in [-0.05, 0) is 25.1 Å². The lowest BCUT2D eigenvalue weighted by Crippen LogP contribution is -2.21. The lowest BCUT2D eigenvalue weighted by Gasteiger charge is -2.30. The van der Waals surface area contributed by atoms with E-state index in [1.165, 1.54) is 24.5 Å². The fourth-order valence-electron chi connectivity index (χ4n) is 3.20. The first-order valence-corrected chi connectivity index (χ1v) is 11.3. The molecule has 12 heteroatoms. The number of ether oxygens (including phenoxy) is 1. The van der Waals surface area contributed by atoms with Gasteiger partial charge in [-0.25, -0.2) is 19.3 Å². The molecule has 30 heavy (non-hydrogen) atoms. The van der Waals surface area contributed by atoms with E-state index in [1.807, 2.05) is 0 Å². The maximum atomic E-state index is 14.2. The second-order valence-corrected chi connectivity index (χ2v) is 9.31. The van der Waals surface area contributed by atoms with Crippen LogP contribution in [0.15, 0.2) is 30.9 Å². The Morgan fingerprint density at radius 1 is 1.43 bits per heavy atom. The zero-order chi connectivity index (χ0) is 21.3. The van der Waals surface area contributed by atoms with Gasteiger partial charge in [0.25, 0.3) is 0 Å². The first-order valence-electron chi connectivity index (χ1n) is 9.24. The van der Waals surface area contributed by atoms with Crippen molar-refractivity contribution in [1.29, 1.82) is 0 Å². The zero-order valence-electron chi connectivity index (χ0n) is 16.1. The van der Waals surface area contributed by atoms with Gasteiger partial charge in [-0.2, -0.15) is 0 Å². The van der Waals surface area contributed by atoms with Crippen LogP contribution in [0.1, 0.15) is 25.0 Å². The number of imidazole rings is 1. The third-order valence-corrected chi connectivity index (χ3v) is 6.51. The molecule has 1 aliphatic rings. The Morgan fingerprint density at radius 2 is 2.27 bits per heavy atom. The van der Waals surface area contributed by atoms with Gasteiger partial charge in [0.1, 0.15) is 24.0 Å². The number of anilines is 1. The molecule has 0 unspecified atom stereocenters. The van der Waals surface area contributed by atoms with E-state index in [0.717, 1.165) is 0 Å². The van der Waals surface area contributed by atoms with Crippen LogP contribution in [-0.4, -0.2) is 38.6 Å². The van der Waals surface area contributed by atoms with Crippen molar-refractivity contribution in [3.8, 4) is 0 Å². The van der Waals surface area contributed by atoms with Crippen molar-refractivity contribution in [2.45, 2.75) is 32.1 Å². The predicted octanol–water partition coefficient (Wildman–Crippen LogP) is 3.93. The molecule has 3 atom stereocenters. The molecule has 1 saturated heterocycles. The molecular weight excluding hydrogens is 436 g/mol. The number of aromatic nitrogens is 4. The van der Waals surface area contributed by atoms with Gasteiger partial charge in [0, 0.05) is 17.0 Å². The first-order chi connectivity index (χ1) is 14.3. The maximum absolute atomic E-state index is 14.2. The van der Waals surface area contributed by atoms with Crippen LogP contribution in [0.2, 0.25) is 5.02 Å². The maximum Gasteiger partial charge on any atom is 0.356 e. The van der Waals surface area contributed by atoms with E-state index in [4.69, 9.17) is 31.1 Å². The normalized spacial score (nSPS) is 23.0. The molecule has 160 valence electrons. The van der Waals surface area contributed by atoms with E-state index in [-0.39, 0.29) is 24.6 Å². The van der Waals surface area contributed by atoms with E-state index < -0.39 is 19.5 Å². The summed E-state index contributed by atoms with van der Waals surface area (Å²) in [4.78, 5) is 12.3. The second-order valence-electron chi connectivity index (χ2n) is 6.93. The Kier molecular flexibility index (Phi) is 6.04. The fourth-order valence-corrected chi connectivity index (χ4v) is 5.00. The number of halogens is 2. The third kappa shape index (κ3) is 4.48. The molecule has 3 heterocycles. The largest absolute Gasteiger partial charge is 0.382 e. The Labute approximate surface area is 176 Å². The van der Waals surface area contributed by atoms with Crippen LogP contribution in [0.4, 0.5) is 10.2 Å². The minimum atomic E-state index is -3.57. The van der Waals surface area contributed by atoms with Gasteiger partial charge in [-0.1, -0.05) is 11.6 Å². The average Bonchev–Trinajstić information content (AvgIpc) is 3.12. The third-order valence-electron chi connectivity index (χ3n) is 4.66. The molecule has 9 nitrogen and oxygen atoms in total. The van der Waals surface area contributed by atoms with Crippen molar-refractivity contribution < 1.29 is 22.7 Å². The molecule has 0 saturated carbocycles. The second kappa shape index (κ2) is 8.56. The van der Waals surface area contributed by atoms with Gasteiger partial charge < -0.3 is 19.6 Å². The topological polar surface area (TPSA) is 114 Å². The summed E-state index contributed by atoms with van der Waals surface area (Å²) < 4.78 is 45.6. The number of fused-ring (bicyclic) bond motifs is 1. The smallest absolute Gasteiger partial charge is 0.356 e. The van der Waals surface area contributed by atoms with Crippen molar-refractivity contribution in [2.24, 2.45) is 0 Å².